The third-order valence-corrected chi connectivity index (χ3v) is 4.03. The molecule has 0 saturated carbocycles. The molecular formula is C12H22O11. The van der Waals surface area contributed by atoms with Crippen molar-refractivity contribution in [3.63, 3.8) is 0 Å². The largest absolute Gasteiger partial charge is 0.394 e. The van der Waals surface area contributed by atoms with Crippen molar-refractivity contribution in [2.24, 2.45) is 0 Å². The normalized spacial score (nSPS) is 51.7. The third-order valence-electron chi connectivity index (χ3n) is 4.03. The lowest BCUT2D eigenvalue weighted by atomic mass is 9.94. The lowest BCUT2D eigenvalue weighted by molar-refractivity contribution is -0.385. The average Bonchev–Trinajstić information content (AvgIpc) is 2.53. The molecule has 0 unspecified atom stereocenters. The molecule has 11 heteroatoms. The summed E-state index contributed by atoms with van der Waals surface area (Å²) in [7, 11) is 0. The van der Waals surface area contributed by atoms with Crippen LogP contribution in [0.4, 0.5) is 0 Å². The van der Waals surface area contributed by atoms with Gasteiger partial charge in [-0.1, -0.05) is 0 Å². The fraction of sp³-hybridized carbons (Fsp3) is 1.00. The second kappa shape index (κ2) is 7.21. The quantitative estimate of drug-likeness (QED) is 0.228. The van der Waals surface area contributed by atoms with Gasteiger partial charge in [0.15, 0.2) is 6.29 Å². The van der Waals surface area contributed by atoms with Crippen LogP contribution >= 0.6 is 0 Å². The Labute approximate surface area is 130 Å². The summed E-state index contributed by atoms with van der Waals surface area (Å²) < 4.78 is 14.8. The van der Waals surface area contributed by atoms with Crippen LogP contribution < -0.4 is 0 Å². The van der Waals surface area contributed by atoms with Gasteiger partial charge in [-0.05, 0) is 0 Å². The van der Waals surface area contributed by atoms with Crippen molar-refractivity contribution in [1.29, 1.82) is 0 Å². The van der Waals surface area contributed by atoms with E-state index in [4.69, 9.17) is 24.4 Å². The van der Waals surface area contributed by atoms with Crippen molar-refractivity contribution in [3.05, 3.63) is 0 Å². The Morgan fingerprint density at radius 2 is 1.52 bits per heavy atom. The van der Waals surface area contributed by atoms with Crippen LogP contribution in [-0.2, 0) is 14.2 Å². The van der Waals surface area contributed by atoms with Crippen LogP contribution in [0.5, 0.6) is 0 Å². The average molecular weight is 342 g/mol. The van der Waals surface area contributed by atoms with E-state index in [0.29, 0.717) is 0 Å². The van der Waals surface area contributed by atoms with Crippen molar-refractivity contribution in [2.75, 3.05) is 19.8 Å². The van der Waals surface area contributed by atoms with Crippen LogP contribution in [0.3, 0.4) is 0 Å². The first kappa shape index (κ1) is 18.9. The van der Waals surface area contributed by atoms with E-state index in [1.165, 1.54) is 0 Å². The monoisotopic (exact) mass is 342 g/mol. The molecule has 0 aromatic rings. The van der Waals surface area contributed by atoms with E-state index in [2.05, 4.69) is 0 Å². The number of aliphatic hydroxyl groups excluding tert-OH is 7. The standard InChI is InChI=1S/C12H22O11/c13-1-4-7(16)10(18)12(20,3-21-4)23-9-6(15)5(2-14)22-11(19)8(9)17/h4-11,13-20H,1-3H2/t4-,5-,6+,7-,8-,9+,10+,11-,12-/m1/s1. The van der Waals surface area contributed by atoms with Crippen LogP contribution in [0.25, 0.3) is 0 Å². The Balaban J connectivity index is 2.15. The van der Waals surface area contributed by atoms with Gasteiger partial charge in [-0.2, -0.15) is 0 Å². The van der Waals surface area contributed by atoms with Crippen molar-refractivity contribution in [3.8, 4) is 0 Å². The molecule has 23 heavy (non-hydrogen) atoms. The molecule has 0 aromatic carbocycles. The van der Waals surface area contributed by atoms with Gasteiger partial charge >= 0.3 is 0 Å². The zero-order valence-corrected chi connectivity index (χ0v) is 12.0. The van der Waals surface area contributed by atoms with Crippen molar-refractivity contribution >= 4 is 0 Å². The highest BCUT2D eigenvalue weighted by Crippen LogP contribution is 2.31. The highest BCUT2D eigenvalue weighted by Gasteiger charge is 2.54. The van der Waals surface area contributed by atoms with Crippen molar-refractivity contribution < 1.29 is 55.1 Å². The molecule has 0 spiro atoms. The summed E-state index contributed by atoms with van der Waals surface area (Å²) >= 11 is 0. The number of aliphatic hydroxyl groups is 8. The van der Waals surface area contributed by atoms with E-state index < -0.39 is 74.6 Å². The van der Waals surface area contributed by atoms with E-state index in [-0.39, 0.29) is 0 Å². The zero-order chi connectivity index (χ0) is 17.4. The first-order chi connectivity index (χ1) is 10.7. The van der Waals surface area contributed by atoms with Crippen LogP contribution in [0.15, 0.2) is 0 Å². The van der Waals surface area contributed by atoms with Gasteiger partial charge in [0.05, 0.1) is 13.2 Å². The van der Waals surface area contributed by atoms with E-state index in [1.807, 2.05) is 0 Å². The zero-order valence-electron chi connectivity index (χ0n) is 12.0. The Kier molecular flexibility index (Phi) is 5.92. The Hall–Kier alpha value is -0.440. The van der Waals surface area contributed by atoms with Crippen LogP contribution in [-0.4, -0.2) is 115 Å². The van der Waals surface area contributed by atoms with Crippen LogP contribution in [0, 0.1) is 0 Å². The van der Waals surface area contributed by atoms with Gasteiger partial charge in [0.1, 0.15) is 49.3 Å². The second-order valence-electron chi connectivity index (χ2n) is 5.62. The first-order valence-corrected chi connectivity index (χ1v) is 7.04. The van der Waals surface area contributed by atoms with Gasteiger partial charge in [-0.3, -0.25) is 0 Å². The number of hydrogen-bond acceptors (Lipinski definition) is 11. The summed E-state index contributed by atoms with van der Waals surface area (Å²) in [6.45, 7) is -1.98. The van der Waals surface area contributed by atoms with E-state index in [1.54, 1.807) is 0 Å². The smallest absolute Gasteiger partial charge is 0.219 e. The van der Waals surface area contributed by atoms with Gasteiger partial charge in [-0.25, -0.2) is 0 Å². The number of ether oxygens (including phenoxy) is 3. The van der Waals surface area contributed by atoms with Crippen LogP contribution in [0.2, 0.25) is 0 Å². The molecule has 0 bridgehead atoms. The number of hydrogen-bond donors (Lipinski definition) is 8. The van der Waals surface area contributed by atoms with Crippen LogP contribution in [0.1, 0.15) is 0 Å². The van der Waals surface area contributed by atoms with Gasteiger partial charge in [-0.15, -0.1) is 0 Å². The Bertz CT molecular complexity index is 395. The predicted molar refractivity (Wildman–Crippen MR) is 68.6 cm³/mol. The van der Waals surface area contributed by atoms with E-state index in [9.17, 15) is 30.6 Å². The Morgan fingerprint density at radius 1 is 0.913 bits per heavy atom. The SMILES string of the molecule is OC[C@H]1O[C@@H](O)[C@H](O)[C@@H](O[C@]2(O)CO[C@H](CO)[C@@H](O)[C@@H]2O)[C@H]1O. The van der Waals surface area contributed by atoms with Gasteiger partial charge in [0, 0.05) is 0 Å². The molecule has 2 rings (SSSR count). The molecule has 9 atom stereocenters. The summed E-state index contributed by atoms with van der Waals surface area (Å²) in [6.07, 6.45) is -12.9. The fourth-order valence-corrected chi connectivity index (χ4v) is 2.59. The summed E-state index contributed by atoms with van der Waals surface area (Å²) in [5.41, 5.74) is 0. The molecule has 8 N–H and O–H groups in total. The molecule has 2 saturated heterocycles. The lowest BCUT2D eigenvalue weighted by Gasteiger charge is -2.47. The summed E-state index contributed by atoms with van der Waals surface area (Å²) in [4.78, 5) is 0. The summed E-state index contributed by atoms with van der Waals surface area (Å²) in [6, 6.07) is 0. The molecule has 0 radical (unpaired) electrons. The summed E-state index contributed by atoms with van der Waals surface area (Å²) in [5.74, 6) is -2.52. The third kappa shape index (κ3) is 3.50. The van der Waals surface area contributed by atoms with Gasteiger partial charge in [0.2, 0.25) is 5.79 Å². The number of rotatable bonds is 4. The van der Waals surface area contributed by atoms with Crippen molar-refractivity contribution in [1.82, 2.24) is 0 Å². The molecule has 0 aliphatic carbocycles. The molecule has 136 valence electrons. The molecule has 2 aliphatic heterocycles. The predicted octanol–water partition coefficient (Wildman–Crippen LogP) is -5.40. The maximum Gasteiger partial charge on any atom is 0.219 e. The second-order valence-corrected chi connectivity index (χ2v) is 5.62. The molecule has 2 heterocycles. The molecule has 11 nitrogen and oxygen atoms in total. The minimum Gasteiger partial charge on any atom is -0.394 e. The maximum absolute atomic E-state index is 10.3. The lowest BCUT2D eigenvalue weighted by Crippen LogP contribution is -2.68. The van der Waals surface area contributed by atoms with Gasteiger partial charge in [0.25, 0.3) is 0 Å². The minimum absolute atomic E-state index is 0.609. The Morgan fingerprint density at radius 3 is 2.09 bits per heavy atom. The summed E-state index contributed by atoms with van der Waals surface area (Å²) in [5, 5.41) is 77.5. The molecular weight excluding hydrogens is 320 g/mol. The fourth-order valence-electron chi connectivity index (χ4n) is 2.59. The highest BCUT2D eigenvalue weighted by molar-refractivity contribution is 4.96. The van der Waals surface area contributed by atoms with E-state index in [0.717, 1.165) is 0 Å². The van der Waals surface area contributed by atoms with Crippen molar-refractivity contribution in [2.45, 2.75) is 54.8 Å². The molecule has 0 amide bonds. The van der Waals surface area contributed by atoms with Gasteiger partial charge < -0.3 is 55.1 Å². The molecule has 2 fully saturated rings. The topological polar surface area (TPSA) is 190 Å². The molecule has 2 aliphatic rings. The highest BCUT2D eigenvalue weighted by atomic mass is 16.7. The maximum atomic E-state index is 10.3. The minimum atomic E-state index is -2.52. The first-order valence-electron chi connectivity index (χ1n) is 7.04. The molecule has 0 aromatic heterocycles. The van der Waals surface area contributed by atoms with E-state index >= 15 is 0 Å².